The van der Waals surface area contributed by atoms with E-state index in [-0.39, 0.29) is 0 Å². The van der Waals surface area contributed by atoms with E-state index in [4.69, 9.17) is 0 Å². The highest BCUT2D eigenvalue weighted by Crippen LogP contribution is 2.25. The molecule has 0 spiro atoms. The maximum absolute atomic E-state index is 4.50. The van der Waals surface area contributed by atoms with Crippen LogP contribution in [0, 0.1) is 0 Å². The number of fused-ring (bicyclic) bond motifs is 3. The van der Waals surface area contributed by atoms with E-state index < -0.39 is 0 Å². The minimum Gasteiger partial charge on any atom is -0.259 e. The molecule has 0 fully saturated rings. The van der Waals surface area contributed by atoms with Gasteiger partial charge in [-0.15, -0.1) is 26.6 Å². The van der Waals surface area contributed by atoms with Gasteiger partial charge < -0.3 is 0 Å². The number of benzene rings is 1. The van der Waals surface area contributed by atoms with Crippen LogP contribution >= 0.6 is 27.3 Å². The Morgan fingerprint density at radius 3 is 2.83 bits per heavy atom. The summed E-state index contributed by atoms with van der Waals surface area (Å²) in [6, 6.07) is 12.0. The van der Waals surface area contributed by atoms with Gasteiger partial charge in [0.05, 0.1) is 14.4 Å². The Bertz CT molecular complexity index is 1030. The van der Waals surface area contributed by atoms with E-state index in [1.54, 1.807) is 22.2 Å². The highest BCUT2D eigenvalue weighted by atomic mass is 79.9. The van der Waals surface area contributed by atoms with E-state index in [0.29, 0.717) is 5.82 Å². The van der Waals surface area contributed by atoms with Crippen molar-refractivity contribution in [2.24, 2.45) is 5.10 Å². The average Bonchev–Trinajstić information content (AvgIpc) is 3.21. The molecular weight excluding hydrogens is 376 g/mol. The molecule has 114 valence electrons. The fourth-order valence-electron chi connectivity index (χ4n) is 2.31. The van der Waals surface area contributed by atoms with Gasteiger partial charge in [0, 0.05) is 10.8 Å². The first-order chi connectivity index (χ1) is 11.2. The van der Waals surface area contributed by atoms with Crippen LogP contribution in [0.2, 0.25) is 0 Å². The Balaban J connectivity index is 1.78. The van der Waals surface area contributed by atoms with Crippen molar-refractivity contribution in [2.45, 2.75) is 6.92 Å². The third kappa shape index (κ3) is 2.60. The Kier molecular flexibility index (Phi) is 3.55. The highest BCUT2D eigenvalue weighted by molar-refractivity contribution is 9.11. The van der Waals surface area contributed by atoms with E-state index in [1.807, 2.05) is 43.3 Å². The van der Waals surface area contributed by atoms with Crippen molar-refractivity contribution in [1.29, 1.82) is 0 Å². The molecule has 0 bridgehead atoms. The van der Waals surface area contributed by atoms with Gasteiger partial charge in [-0.05, 0) is 35.0 Å². The fraction of sp³-hybridized carbons (Fsp3) is 0.0667. The average molecular weight is 387 g/mol. The van der Waals surface area contributed by atoms with E-state index in [9.17, 15) is 0 Å². The molecule has 1 aromatic carbocycles. The number of aromatic nitrogens is 4. The number of hydrogen-bond donors (Lipinski definition) is 1. The quantitative estimate of drug-likeness (QED) is 0.427. The zero-order chi connectivity index (χ0) is 15.8. The summed E-state index contributed by atoms with van der Waals surface area (Å²) in [5, 5.41) is 18.9. The van der Waals surface area contributed by atoms with Crippen molar-refractivity contribution in [1.82, 2.24) is 19.8 Å². The summed E-state index contributed by atoms with van der Waals surface area (Å²) < 4.78 is 2.73. The third-order valence-electron chi connectivity index (χ3n) is 3.42. The van der Waals surface area contributed by atoms with Crippen LogP contribution in [0.15, 0.2) is 51.6 Å². The van der Waals surface area contributed by atoms with Crippen LogP contribution in [-0.4, -0.2) is 25.5 Å². The molecule has 4 rings (SSSR count). The first-order valence-electron chi connectivity index (χ1n) is 6.87. The van der Waals surface area contributed by atoms with Gasteiger partial charge in [0.25, 0.3) is 0 Å². The third-order valence-corrected chi connectivity index (χ3v) is 5.15. The molecule has 3 heterocycles. The Hall–Kier alpha value is -2.32. The minimum absolute atomic E-state index is 0.669. The van der Waals surface area contributed by atoms with Gasteiger partial charge in [-0.1, -0.05) is 24.3 Å². The minimum atomic E-state index is 0.669. The number of rotatable bonds is 3. The summed E-state index contributed by atoms with van der Waals surface area (Å²) in [5.74, 6) is 0.669. The first kappa shape index (κ1) is 14.3. The maximum Gasteiger partial charge on any atom is 0.185 e. The summed E-state index contributed by atoms with van der Waals surface area (Å²) in [7, 11) is 0. The van der Waals surface area contributed by atoms with E-state index in [2.05, 4.69) is 41.8 Å². The maximum atomic E-state index is 4.50. The van der Waals surface area contributed by atoms with Crippen LogP contribution in [0.1, 0.15) is 11.8 Å². The summed E-state index contributed by atoms with van der Waals surface area (Å²) in [4.78, 5) is 1.10. The van der Waals surface area contributed by atoms with Gasteiger partial charge in [-0.2, -0.15) is 9.62 Å². The number of hydrogen-bond acceptors (Lipinski definition) is 6. The molecule has 1 N–H and O–H groups in total. The molecule has 0 saturated heterocycles. The first-order valence-corrected chi connectivity index (χ1v) is 8.48. The van der Waals surface area contributed by atoms with Crippen LogP contribution in [0.5, 0.6) is 0 Å². The molecule has 0 amide bonds. The van der Waals surface area contributed by atoms with Crippen LogP contribution in [0.4, 0.5) is 5.82 Å². The van der Waals surface area contributed by atoms with E-state index in [1.165, 1.54) is 0 Å². The molecule has 8 heteroatoms. The monoisotopic (exact) mass is 386 g/mol. The lowest BCUT2D eigenvalue weighted by Gasteiger charge is -2.06. The molecule has 0 aliphatic rings. The molecule has 0 unspecified atom stereocenters. The lowest BCUT2D eigenvalue weighted by atomic mass is 10.2. The number of nitrogens with one attached hydrogen (secondary N) is 1. The van der Waals surface area contributed by atoms with Crippen LogP contribution in [-0.2, 0) is 0 Å². The van der Waals surface area contributed by atoms with Crippen molar-refractivity contribution in [3.63, 3.8) is 0 Å². The Labute approximate surface area is 144 Å². The van der Waals surface area contributed by atoms with Gasteiger partial charge in [0.15, 0.2) is 11.5 Å². The largest absolute Gasteiger partial charge is 0.259 e. The number of halogens is 1. The summed E-state index contributed by atoms with van der Waals surface area (Å²) in [6.45, 7) is 1.96. The number of hydrazone groups is 1. The molecule has 0 aliphatic carbocycles. The fourth-order valence-corrected chi connectivity index (χ4v) is 3.64. The molecule has 3 aromatic heterocycles. The molecule has 23 heavy (non-hydrogen) atoms. The smallest absolute Gasteiger partial charge is 0.185 e. The van der Waals surface area contributed by atoms with Crippen molar-refractivity contribution in [2.75, 3.05) is 5.43 Å². The Morgan fingerprint density at radius 1 is 1.22 bits per heavy atom. The van der Waals surface area contributed by atoms with E-state index in [0.717, 1.165) is 30.8 Å². The van der Waals surface area contributed by atoms with Gasteiger partial charge in [0.1, 0.15) is 6.33 Å². The molecular formula is C15H11BrN6S. The SMILES string of the molecule is C/C(=N/Nc1nn2cnnc2c2ccccc12)c1ccc(Br)s1. The molecule has 0 aliphatic heterocycles. The van der Waals surface area contributed by atoms with Gasteiger partial charge in [-0.3, -0.25) is 5.43 Å². The summed E-state index contributed by atoms with van der Waals surface area (Å²) >= 11 is 5.10. The second-order valence-corrected chi connectivity index (χ2v) is 7.37. The standard InChI is InChI=1S/C15H11BrN6S/c1-9(12-6-7-13(16)23-12)18-19-14-10-4-2-3-5-11(10)15-20-17-8-22(15)21-14/h2-8H,1H3,(H,19,21)/b18-9-. The van der Waals surface area contributed by atoms with Crippen molar-refractivity contribution in [3.05, 3.63) is 51.4 Å². The Morgan fingerprint density at radius 2 is 2.04 bits per heavy atom. The normalized spacial score (nSPS) is 12.2. The molecule has 4 aromatic rings. The zero-order valence-corrected chi connectivity index (χ0v) is 14.5. The predicted octanol–water partition coefficient (Wildman–Crippen LogP) is 3.94. The lowest BCUT2D eigenvalue weighted by molar-refractivity contribution is 0.934. The lowest BCUT2D eigenvalue weighted by Crippen LogP contribution is -2.03. The molecule has 6 nitrogen and oxygen atoms in total. The zero-order valence-electron chi connectivity index (χ0n) is 12.1. The van der Waals surface area contributed by atoms with Crippen molar-refractivity contribution < 1.29 is 0 Å². The molecule has 0 radical (unpaired) electrons. The second-order valence-electron chi connectivity index (χ2n) is 4.91. The van der Waals surface area contributed by atoms with Gasteiger partial charge >= 0.3 is 0 Å². The molecule has 0 saturated carbocycles. The van der Waals surface area contributed by atoms with Crippen LogP contribution < -0.4 is 5.43 Å². The van der Waals surface area contributed by atoms with Crippen molar-refractivity contribution in [3.8, 4) is 0 Å². The van der Waals surface area contributed by atoms with Crippen LogP contribution in [0.3, 0.4) is 0 Å². The topological polar surface area (TPSA) is 67.5 Å². The van der Waals surface area contributed by atoms with E-state index >= 15 is 0 Å². The number of anilines is 1. The highest BCUT2D eigenvalue weighted by Gasteiger charge is 2.09. The van der Waals surface area contributed by atoms with Gasteiger partial charge in [-0.25, -0.2) is 0 Å². The molecule has 0 atom stereocenters. The predicted molar refractivity (Wildman–Crippen MR) is 96.1 cm³/mol. The van der Waals surface area contributed by atoms with Gasteiger partial charge in [0.2, 0.25) is 0 Å². The number of nitrogens with zero attached hydrogens (tertiary/aromatic N) is 5. The van der Waals surface area contributed by atoms with Crippen molar-refractivity contribution >= 4 is 55.2 Å². The summed E-state index contributed by atoms with van der Waals surface area (Å²) in [5.41, 5.74) is 4.70. The second kappa shape index (κ2) is 5.71. The number of thiophene rings is 1. The van der Waals surface area contributed by atoms with Crippen LogP contribution in [0.25, 0.3) is 16.4 Å². The summed E-state index contributed by atoms with van der Waals surface area (Å²) in [6.07, 6.45) is 1.58.